The third kappa shape index (κ3) is 4.08. The molecule has 0 fully saturated rings. The number of methoxy groups -OCH3 is 1. The van der Waals surface area contributed by atoms with Crippen LogP contribution in [0.25, 0.3) is 0 Å². The van der Waals surface area contributed by atoms with Crippen LogP contribution >= 0.6 is 0 Å². The van der Waals surface area contributed by atoms with E-state index in [0.29, 0.717) is 19.0 Å². The van der Waals surface area contributed by atoms with E-state index in [0.717, 1.165) is 6.07 Å². The second-order valence-electron chi connectivity index (χ2n) is 3.36. The van der Waals surface area contributed by atoms with E-state index in [4.69, 9.17) is 10.6 Å². The minimum Gasteiger partial charge on any atom is -0.383 e. The summed E-state index contributed by atoms with van der Waals surface area (Å²) in [4.78, 5) is 4.06. The largest absolute Gasteiger partial charge is 0.383 e. The minimum atomic E-state index is -0.879. The van der Waals surface area contributed by atoms with Crippen LogP contribution in [0.2, 0.25) is 0 Å². The van der Waals surface area contributed by atoms with Gasteiger partial charge in [-0.15, -0.1) is 0 Å². The van der Waals surface area contributed by atoms with Crippen LogP contribution in [0.4, 0.5) is 8.78 Å². The summed E-state index contributed by atoms with van der Waals surface area (Å²) in [6.45, 7) is 0.851. The lowest BCUT2D eigenvalue weighted by molar-refractivity contribution is 0.208. The number of nitrogens with zero attached hydrogens (tertiary/aromatic N) is 1. The molecule has 6 heteroatoms. The summed E-state index contributed by atoms with van der Waals surface area (Å²) in [6.07, 6.45) is 0.115. The summed E-state index contributed by atoms with van der Waals surface area (Å²) in [7, 11) is 1.55. The zero-order chi connectivity index (χ0) is 12.7. The molecule has 0 aromatic heterocycles. The number of hydrogen-bond donors (Lipinski definition) is 2. The molecule has 0 bridgehead atoms. The number of amidine groups is 1. The number of nitrogens with one attached hydrogen (secondary N) is 1. The lowest BCUT2D eigenvalue weighted by Gasteiger charge is -2.07. The molecule has 0 spiro atoms. The van der Waals surface area contributed by atoms with Crippen molar-refractivity contribution in [3.63, 3.8) is 0 Å². The fourth-order valence-electron chi connectivity index (χ4n) is 1.29. The molecule has 0 atom stereocenters. The zero-order valence-corrected chi connectivity index (χ0v) is 9.54. The molecular formula is C11H15F2N3O. The van der Waals surface area contributed by atoms with Gasteiger partial charge >= 0.3 is 0 Å². The number of ether oxygens (including phenoxy) is 1. The summed E-state index contributed by atoms with van der Waals surface area (Å²) in [5, 5.41) is 0. The number of hydrogen-bond acceptors (Lipinski definition) is 3. The monoisotopic (exact) mass is 243 g/mol. The third-order valence-corrected chi connectivity index (χ3v) is 2.15. The number of hydrazine groups is 1. The Morgan fingerprint density at radius 3 is 2.88 bits per heavy atom. The van der Waals surface area contributed by atoms with Crippen LogP contribution < -0.4 is 11.3 Å². The Bertz CT molecular complexity index is 396. The van der Waals surface area contributed by atoms with E-state index in [9.17, 15) is 8.78 Å². The predicted octanol–water partition coefficient (Wildman–Crippen LogP) is 1.02. The Morgan fingerprint density at radius 1 is 1.47 bits per heavy atom. The maximum atomic E-state index is 13.4. The molecule has 94 valence electrons. The van der Waals surface area contributed by atoms with Gasteiger partial charge in [0, 0.05) is 13.5 Å². The Kier molecular flexibility index (Phi) is 5.51. The number of aliphatic imine (C=N–C) groups is 1. The van der Waals surface area contributed by atoms with Gasteiger partial charge in [0.15, 0.2) is 11.6 Å². The summed E-state index contributed by atoms with van der Waals surface area (Å²) in [6, 6.07) is 4.00. The van der Waals surface area contributed by atoms with Gasteiger partial charge in [-0.25, -0.2) is 14.6 Å². The van der Waals surface area contributed by atoms with Crippen LogP contribution in [-0.2, 0) is 11.2 Å². The van der Waals surface area contributed by atoms with Crippen LogP contribution in [0.5, 0.6) is 0 Å². The van der Waals surface area contributed by atoms with Crippen molar-refractivity contribution in [1.29, 1.82) is 0 Å². The van der Waals surface area contributed by atoms with Gasteiger partial charge in [-0.3, -0.25) is 4.99 Å². The van der Waals surface area contributed by atoms with Crippen molar-refractivity contribution in [3.8, 4) is 0 Å². The molecule has 1 aromatic carbocycles. The van der Waals surface area contributed by atoms with Gasteiger partial charge < -0.3 is 10.2 Å². The smallest absolute Gasteiger partial charge is 0.162 e. The van der Waals surface area contributed by atoms with E-state index in [2.05, 4.69) is 10.4 Å². The number of rotatable bonds is 5. The molecule has 0 aliphatic rings. The van der Waals surface area contributed by atoms with Crippen LogP contribution in [0, 0.1) is 11.6 Å². The van der Waals surface area contributed by atoms with Gasteiger partial charge in [0.25, 0.3) is 0 Å². The summed E-state index contributed by atoms with van der Waals surface area (Å²) >= 11 is 0. The van der Waals surface area contributed by atoms with Crippen LogP contribution in [-0.4, -0.2) is 26.1 Å². The highest BCUT2D eigenvalue weighted by Gasteiger charge is 2.09. The lowest BCUT2D eigenvalue weighted by atomic mass is 10.1. The molecule has 0 saturated heterocycles. The molecule has 0 heterocycles. The third-order valence-electron chi connectivity index (χ3n) is 2.15. The Morgan fingerprint density at radius 2 is 2.24 bits per heavy atom. The van der Waals surface area contributed by atoms with Crippen molar-refractivity contribution in [2.45, 2.75) is 6.42 Å². The molecule has 0 unspecified atom stereocenters. The van der Waals surface area contributed by atoms with E-state index in [1.54, 1.807) is 7.11 Å². The molecule has 3 N–H and O–H groups in total. The van der Waals surface area contributed by atoms with Crippen LogP contribution in [0.1, 0.15) is 5.56 Å². The Balaban J connectivity index is 2.73. The lowest BCUT2D eigenvalue weighted by Crippen LogP contribution is -2.32. The first-order chi connectivity index (χ1) is 8.19. The topological polar surface area (TPSA) is 59.6 Å². The second kappa shape index (κ2) is 6.93. The van der Waals surface area contributed by atoms with Crippen LogP contribution in [0.3, 0.4) is 0 Å². The first-order valence-electron chi connectivity index (χ1n) is 5.10. The maximum absolute atomic E-state index is 13.4. The van der Waals surface area contributed by atoms with E-state index in [-0.39, 0.29) is 12.0 Å². The first kappa shape index (κ1) is 13.5. The molecule has 17 heavy (non-hydrogen) atoms. The molecule has 4 nitrogen and oxygen atoms in total. The van der Waals surface area contributed by atoms with Crippen molar-refractivity contribution in [2.24, 2.45) is 10.8 Å². The number of nitrogens with two attached hydrogens (primary N) is 1. The predicted molar refractivity (Wildman–Crippen MR) is 61.6 cm³/mol. The molecule has 1 rings (SSSR count). The number of benzene rings is 1. The fraction of sp³-hybridized carbons (Fsp3) is 0.364. The average Bonchev–Trinajstić information content (AvgIpc) is 2.33. The molecule has 0 aliphatic heterocycles. The molecule has 0 saturated carbocycles. The normalized spacial score (nSPS) is 11.6. The van der Waals surface area contributed by atoms with Crippen LogP contribution in [0.15, 0.2) is 23.2 Å². The first-order valence-corrected chi connectivity index (χ1v) is 5.10. The zero-order valence-electron chi connectivity index (χ0n) is 9.54. The summed E-state index contributed by atoms with van der Waals surface area (Å²) in [5.74, 6) is 3.88. The summed E-state index contributed by atoms with van der Waals surface area (Å²) < 4.78 is 31.1. The Labute approximate surface area is 98.5 Å². The van der Waals surface area contributed by atoms with Crippen molar-refractivity contribution >= 4 is 5.84 Å². The van der Waals surface area contributed by atoms with E-state index in [1.807, 2.05) is 0 Å². The molecule has 1 aromatic rings. The van der Waals surface area contributed by atoms with Gasteiger partial charge in [0.2, 0.25) is 0 Å². The highest BCUT2D eigenvalue weighted by Crippen LogP contribution is 2.11. The minimum absolute atomic E-state index is 0.115. The highest BCUT2D eigenvalue weighted by molar-refractivity contribution is 5.83. The van der Waals surface area contributed by atoms with Crippen molar-refractivity contribution in [2.75, 3.05) is 20.3 Å². The number of halogens is 2. The molecule has 0 radical (unpaired) electrons. The average molecular weight is 243 g/mol. The molecular weight excluding hydrogens is 228 g/mol. The van der Waals surface area contributed by atoms with Gasteiger partial charge in [0.05, 0.1) is 13.2 Å². The molecule has 0 amide bonds. The SMILES string of the molecule is COCCN=C(Cc1cccc(F)c1F)NN. The van der Waals surface area contributed by atoms with E-state index < -0.39 is 11.6 Å². The van der Waals surface area contributed by atoms with Crippen molar-refractivity contribution in [1.82, 2.24) is 5.43 Å². The van der Waals surface area contributed by atoms with Gasteiger partial charge in [-0.05, 0) is 11.6 Å². The fourth-order valence-corrected chi connectivity index (χ4v) is 1.29. The Hall–Kier alpha value is -1.53. The van der Waals surface area contributed by atoms with Crippen molar-refractivity contribution < 1.29 is 13.5 Å². The van der Waals surface area contributed by atoms with E-state index >= 15 is 0 Å². The molecule has 0 aliphatic carbocycles. The summed E-state index contributed by atoms with van der Waals surface area (Å²) in [5.41, 5.74) is 2.57. The quantitative estimate of drug-likeness (QED) is 0.267. The second-order valence-corrected chi connectivity index (χ2v) is 3.36. The van der Waals surface area contributed by atoms with Gasteiger partial charge in [0.1, 0.15) is 5.84 Å². The maximum Gasteiger partial charge on any atom is 0.162 e. The standard InChI is InChI=1S/C11H15F2N3O/c1-17-6-5-15-10(16-14)7-8-3-2-4-9(12)11(8)13/h2-4H,5-7,14H2,1H3,(H,15,16). The van der Waals surface area contributed by atoms with E-state index in [1.165, 1.54) is 12.1 Å². The van der Waals surface area contributed by atoms with Gasteiger partial charge in [-0.1, -0.05) is 12.1 Å². The van der Waals surface area contributed by atoms with Gasteiger partial charge in [-0.2, -0.15) is 0 Å². The van der Waals surface area contributed by atoms with Crippen molar-refractivity contribution in [3.05, 3.63) is 35.4 Å². The highest BCUT2D eigenvalue weighted by atomic mass is 19.2.